The Hall–Kier alpha value is -0.410. The normalized spacial score (nSPS) is 17.1. The molecular formula is C14H21BrN2. The zero-order valence-electron chi connectivity index (χ0n) is 10.5. The van der Waals surface area contributed by atoms with Crippen molar-refractivity contribution in [3.8, 4) is 0 Å². The molecule has 2 rings (SSSR count). The first-order valence-corrected chi connectivity index (χ1v) is 7.41. The van der Waals surface area contributed by atoms with Crippen LogP contribution in [0.5, 0.6) is 0 Å². The first-order valence-electron chi connectivity index (χ1n) is 6.61. The second-order valence-electron chi connectivity index (χ2n) is 5.00. The van der Waals surface area contributed by atoms with Gasteiger partial charge in [-0.2, -0.15) is 0 Å². The molecule has 0 spiro atoms. The lowest BCUT2D eigenvalue weighted by molar-refractivity contribution is 0.451. The topological polar surface area (TPSA) is 24.9 Å². The van der Waals surface area contributed by atoms with E-state index in [1.807, 2.05) is 6.20 Å². The highest BCUT2D eigenvalue weighted by atomic mass is 79.9. The molecule has 1 atom stereocenters. The van der Waals surface area contributed by atoms with Crippen LogP contribution in [0.25, 0.3) is 0 Å². The summed E-state index contributed by atoms with van der Waals surface area (Å²) in [5, 5.41) is 3.65. The second kappa shape index (κ2) is 6.50. The minimum absolute atomic E-state index is 0.608. The maximum atomic E-state index is 4.47. The number of hydrogen-bond donors (Lipinski definition) is 1. The Morgan fingerprint density at radius 2 is 2.29 bits per heavy atom. The summed E-state index contributed by atoms with van der Waals surface area (Å²) in [5.74, 6) is 0.972. The Bertz CT molecular complexity index is 333. The van der Waals surface area contributed by atoms with Crippen LogP contribution in [0.4, 0.5) is 0 Å². The molecule has 1 heterocycles. The molecule has 0 bridgehead atoms. The summed E-state index contributed by atoms with van der Waals surface area (Å²) in [7, 11) is 0. The number of nitrogens with zero attached hydrogens (tertiary/aromatic N) is 1. The van der Waals surface area contributed by atoms with E-state index in [-0.39, 0.29) is 0 Å². The van der Waals surface area contributed by atoms with E-state index in [0.29, 0.717) is 6.04 Å². The third kappa shape index (κ3) is 4.76. The number of aromatic nitrogens is 1. The van der Waals surface area contributed by atoms with E-state index in [1.165, 1.54) is 31.4 Å². The molecule has 94 valence electrons. The smallest absolute Gasteiger partial charge is 0.0419 e. The van der Waals surface area contributed by atoms with Gasteiger partial charge in [0.1, 0.15) is 0 Å². The fourth-order valence-electron chi connectivity index (χ4n) is 2.12. The van der Waals surface area contributed by atoms with Gasteiger partial charge in [-0.3, -0.25) is 4.98 Å². The molecule has 3 heteroatoms. The first kappa shape index (κ1) is 13.0. The molecule has 0 aromatic carbocycles. The van der Waals surface area contributed by atoms with Crippen LogP contribution in [0, 0.1) is 5.92 Å². The van der Waals surface area contributed by atoms with Crippen molar-refractivity contribution < 1.29 is 0 Å². The molecule has 0 aliphatic heterocycles. The molecule has 0 saturated heterocycles. The molecule has 1 unspecified atom stereocenters. The average molecular weight is 297 g/mol. The number of rotatable bonds is 7. The highest BCUT2D eigenvalue weighted by Gasteiger charge is 2.25. The van der Waals surface area contributed by atoms with Crippen molar-refractivity contribution in [2.75, 3.05) is 6.54 Å². The van der Waals surface area contributed by atoms with Gasteiger partial charge in [-0.25, -0.2) is 0 Å². The Morgan fingerprint density at radius 3 is 2.88 bits per heavy atom. The Morgan fingerprint density at radius 1 is 1.47 bits per heavy atom. The standard InChI is InChI=1S/C14H21BrN2/c1-2-7-16-14(8-11-3-4-11)9-13-6-5-12(15)10-17-13/h5-6,10-11,14,16H,2-4,7-9H2,1H3. The zero-order valence-corrected chi connectivity index (χ0v) is 12.0. The highest BCUT2D eigenvalue weighted by molar-refractivity contribution is 9.10. The van der Waals surface area contributed by atoms with Crippen molar-refractivity contribution in [1.82, 2.24) is 10.3 Å². The van der Waals surface area contributed by atoms with Crippen LogP contribution in [-0.4, -0.2) is 17.6 Å². The van der Waals surface area contributed by atoms with Gasteiger partial charge in [-0.15, -0.1) is 0 Å². The summed E-state index contributed by atoms with van der Waals surface area (Å²) < 4.78 is 1.06. The van der Waals surface area contributed by atoms with Crippen molar-refractivity contribution in [2.24, 2.45) is 5.92 Å². The zero-order chi connectivity index (χ0) is 12.1. The first-order chi connectivity index (χ1) is 8.28. The molecule has 1 aromatic rings. The summed E-state index contributed by atoms with van der Waals surface area (Å²) in [6.07, 6.45) is 8.33. The van der Waals surface area contributed by atoms with Gasteiger partial charge >= 0.3 is 0 Å². The lowest BCUT2D eigenvalue weighted by atomic mass is 10.0. The Labute approximate surface area is 112 Å². The van der Waals surface area contributed by atoms with E-state index >= 15 is 0 Å². The summed E-state index contributed by atoms with van der Waals surface area (Å²) in [6.45, 7) is 3.34. The van der Waals surface area contributed by atoms with E-state index in [2.05, 4.69) is 45.3 Å². The lowest BCUT2D eigenvalue weighted by Crippen LogP contribution is -2.32. The van der Waals surface area contributed by atoms with Crippen LogP contribution in [0.15, 0.2) is 22.8 Å². The van der Waals surface area contributed by atoms with E-state index in [1.54, 1.807) is 0 Å². The van der Waals surface area contributed by atoms with Crippen LogP contribution >= 0.6 is 15.9 Å². The summed E-state index contributed by atoms with van der Waals surface area (Å²) >= 11 is 3.43. The molecule has 1 aliphatic rings. The number of hydrogen-bond acceptors (Lipinski definition) is 2. The van der Waals surface area contributed by atoms with Crippen LogP contribution in [0.3, 0.4) is 0 Å². The average Bonchev–Trinajstić information content (AvgIpc) is 3.13. The number of halogens is 1. The van der Waals surface area contributed by atoms with Gasteiger partial charge in [0.2, 0.25) is 0 Å². The van der Waals surface area contributed by atoms with E-state index in [0.717, 1.165) is 23.4 Å². The fourth-order valence-corrected chi connectivity index (χ4v) is 2.36. The molecule has 1 fully saturated rings. The van der Waals surface area contributed by atoms with Gasteiger partial charge in [0.15, 0.2) is 0 Å². The minimum atomic E-state index is 0.608. The monoisotopic (exact) mass is 296 g/mol. The third-order valence-electron chi connectivity index (χ3n) is 3.24. The van der Waals surface area contributed by atoms with Gasteiger partial charge in [0.05, 0.1) is 0 Å². The van der Waals surface area contributed by atoms with Gasteiger partial charge in [-0.1, -0.05) is 19.8 Å². The quantitative estimate of drug-likeness (QED) is 0.832. The molecule has 1 saturated carbocycles. The minimum Gasteiger partial charge on any atom is -0.314 e. The molecule has 1 N–H and O–H groups in total. The van der Waals surface area contributed by atoms with Crippen molar-refractivity contribution >= 4 is 15.9 Å². The number of nitrogens with one attached hydrogen (secondary N) is 1. The Kier molecular flexibility index (Phi) is 4.99. The maximum Gasteiger partial charge on any atom is 0.0419 e. The van der Waals surface area contributed by atoms with Gasteiger partial charge in [-0.05, 0) is 53.4 Å². The molecule has 1 aliphatic carbocycles. The third-order valence-corrected chi connectivity index (χ3v) is 3.71. The molecule has 1 aromatic heterocycles. The lowest BCUT2D eigenvalue weighted by Gasteiger charge is -2.17. The maximum absolute atomic E-state index is 4.47. The fraction of sp³-hybridized carbons (Fsp3) is 0.643. The van der Waals surface area contributed by atoms with Crippen molar-refractivity contribution in [1.29, 1.82) is 0 Å². The van der Waals surface area contributed by atoms with Crippen LogP contribution in [-0.2, 0) is 6.42 Å². The molecule has 0 radical (unpaired) electrons. The molecule has 17 heavy (non-hydrogen) atoms. The molecule has 2 nitrogen and oxygen atoms in total. The Balaban J connectivity index is 1.87. The molecular weight excluding hydrogens is 276 g/mol. The van der Waals surface area contributed by atoms with E-state index in [4.69, 9.17) is 0 Å². The van der Waals surface area contributed by atoms with Gasteiger partial charge < -0.3 is 5.32 Å². The highest BCUT2D eigenvalue weighted by Crippen LogP contribution is 2.34. The van der Waals surface area contributed by atoms with Crippen molar-refractivity contribution in [2.45, 2.75) is 45.1 Å². The summed E-state index contributed by atoms with van der Waals surface area (Å²) in [4.78, 5) is 4.47. The van der Waals surface area contributed by atoms with E-state index in [9.17, 15) is 0 Å². The van der Waals surface area contributed by atoms with Crippen LogP contribution < -0.4 is 5.32 Å². The van der Waals surface area contributed by atoms with Crippen LogP contribution in [0.2, 0.25) is 0 Å². The van der Waals surface area contributed by atoms with Gasteiger partial charge in [0.25, 0.3) is 0 Å². The van der Waals surface area contributed by atoms with Crippen LogP contribution in [0.1, 0.15) is 38.3 Å². The summed E-state index contributed by atoms with van der Waals surface area (Å²) in [5.41, 5.74) is 1.20. The summed E-state index contributed by atoms with van der Waals surface area (Å²) in [6, 6.07) is 4.81. The van der Waals surface area contributed by atoms with Gasteiger partial charge in [0, 0.05) is 28.8 Å². The largest absolute Gasteiger partial charge is 0.314 e. The van der Waals surface area contributed by atoms with Crippen molar-refractivity contribution in [3.63, 3.8) is 0 Å². The second-order valence-corrected chi connectivity index (χ2v) is 5.92. The molecule has 0 amide bonds. The van der Waals surface area contributed by atoms with E-state index < -0.39 is 0 Å². The predicted octanol–water partition coefficient (Wildman–Crippen LogP) is 3.55. The predicted molar refractivity (Wildman–Crippen MR) is 75.1 cm³/mol. The number of pyridine rings is 1. The van der Waals surface area contributed by atoms with Crippen molar-refractivity contribution in [3.05, 3.63) is 28.5 Å². The SMILES string of the molecule is CCCNC(Cc1ccc(Br)cn1)CC1CC1.